The molecular weight excluding hydrogens is 621 g/mol. The number of aromatic nitrogens is 1. The molecule has 2 aliphatic rings. The number of ether oxygens (including phenoxy) is 1. The van der Waals surface area contributed by atoms with Crippen LogP contribution in [0.1, 0.15) is 47.5 Å². The van der Waals surface area contributed by atoms with E-state index in [9.17, 15) is 24.6 Å². The summed E-state index contributed by atoms with van der Waals surface area (Å²) in [7, 11) is 6.47. The number of carbonyl (C=O) groups excluding carboxylic acids is 3. The lowest BCUT2D eigenvalue weighted by Crippen LogP contribution is -2.51. The minimum absolute atomic E-state index is 0.134. The van der Waals surface area contributed by atoms with E-state index >= 15 is 0 Å². The standard InChI is InChI=1S/C30H30BN7O6S.C2H6/c1-44-25-19(28-34-14-22(45-28)29(41)38-12-11-16-5-2-3-6-18(16)15-38)7-4-8-20(25)35-21(24(33)27(40)37-30(31,42)43)13-23(32)36-26(39)17-9-10-17;1-2/h2-8,13-14,17,33,35,42-43H,9-12,15H2,1H3,(H,37,40)(H2,32,36,39);1-2H3/b21-13+,33-24?;. The third-order valence-corrected chi connectivity index (χ3v) is 8.12. The van der Waals surface area contributed by atoms with Crippen LogP contribution in [0.15, 0.2) is 65.4 Å². The van der Waals surface area contributed by atoms with Gasteiger partial charge in [0.25, 0.3) is 17.7 Å². The second kappa shape index (κ2) is 15.2. The molecular formula is C32H36BN7O6S. The highest BCUT2D eigenvalue weighted by Gasteiger charge is 2.30. The van der Waals surface area contributed by atoms with Gasteiger partial charge in [0.05, 0.1) is 30.3 Å². The van der Waals surface area contributed by atoms with Gasteiger partial charge in [-0.05, 0) is 42.5 Å². The first-order valence-electron chi connectivity index (χ1n) is 14.9. The maximum Gasteiger partial charge on any atom is 0.274 e. The fraction of sp³-hybridized carbons (Fsp3) is 0.312. The highest BCUT2D eigenvalue weighted by Crippen LogP contribution is 2.39. The summed E-state index contributed by atoms with van der Waals surface area (Å²) >= 11 is 1.19. The van der Waals surface area contributed by atoms with Gasteiger partial charge in [-0.2, -0.15) is 4.99 Å². The van der Waals surface area contributed by atoms with Crippen molar-refractivity contribution in [2.45, 2.75) is 45.5 Å². The molecule has 0 saturated heterocycles. The largest absolute Gasteiger partial charge is 0.494 e. The Morgan fingerprint density at radius 1 is 1.17 bits per heavy atom. The lowest BCUT2D eigenvalue weighted by atomic mass is 10.00. The van der Waals surface area contributed by atoms with Crippen LogP contribution in [0.4, 0.5) is 5.69 Å². The van der Waals surface area contributed by atoms with E-state index in [1.54, 1.807) is 28.4 Å². The predicted octanol–water partition coefficient (Wildman–Crippen LogP) is 2.53. The van der Waals surface area contributed by atoms with Crippen LogP contribution in [-0.2, 0) is 22.6 Å². The number of amidine groups is 1. The number of hydrogen-bond acceptors (Lipinski definition) is 10. The van der Waals surface area contributed by atoms with Crippen LogP contribution in [0, 0.1) is 11.3 Å². The molecule has 7 N–H and O–H groups in total. The number of carbonyl (C=O) groups is 3. The van der Waals surface area contributed by atoms with Crippen LogP contribution in [-0.4, -0.2) is 76.7 Å². The summed E-state index contributed by atoms with van der Waals surface area (Å²) < 4.78 is 5.68. The zero-order chi connectivity index (χ0) is 34.3. The predicted molar refractivity (Wildman–Crippen MR) is 180 cm³/mol. The summed E-state index contributed by atoms with van der Waals surface area (Å²) in [4.78, 5) is 48.7. The number of thiazole rings is 1. The number of benzene rings is 2. The molecule has 5 rings (SSSR count). The average Bonchev–Trinajstić information content (AvgIpc) is 3.80. The van der Waals surface area contributed by atoms with Crippen molar-refractivity contribution in [1.82, 2.24) is 15.2 Å². The van der Waals surface area contributed by atoms with Crippen molar-refractivity contribution in [3.8, 4) is 16.3 Å². The molecule has 0 unspecified atom stereocenters. The van der Waals surface area contributed by atoms with Crippen molar-refractivity contribution < 1.29 is 29.3 Å². The fourth-order valence-corrected chi connectivity index (χ4v) is 5.65. The molecule has 1 fully saturated rings. The molecule has 244 valence electrons. The van der Waals surface area contributed by atoms with E-state index in [0.717, 1.165) is 18.1 Å². The lowest BCUT2D eigenvalue weighted by Gasteiger charge is -2.28. The second-order valence-electron chi connectivity index (χ2n) is 10.5. The molecule has 2 aromatic carbocycles. The van der Waals surface area contributed by atoms with Gasteiger partial charge in [0.1, 0.15) is 21.4 Å². The van der Waals surface area contributed by atoms with E-state index in [0.29, 0.717) is 41.4 Å². The molecule has 3 amide bonds. The maximum atomic E-state index is 13.4. The van der Waals surface area contributed by atoms with E-state index in [2.05, 4.69) is 21.4 Å². The number of amides is 3. The number of methoxy groups -OCH3 is 1. The fourth-order valence-electron chi connectivity index (χ4n) is 4.74. The molecule has 2 heterocycles. The van der Waals surface area contributed by atoms with Crippen LogP contribution < -0.4 is 21.1 Å². The van der Waals surface area contributed by atoms with E-state index in [-0.39, 0.29) is 34.8 Å². The van der Waals surface area contributed by atoms with Crippen molar-refractivity contribution >= 4 is 54.1 Å². The summed E-state index contributed by atoms with van der Waals surface area (Å²) in [6, 6.07) is 13.0. The van der Waals surface area contributed by atoms with Gasteiger partial charge in [-0.15, -0.1) is 11.3 Å². The number of fused-ring (bicyclic) bond motifs is 1. The smallest absolute Gasteiger partial charge is 0.274 e. The second-order valence-corrected chi connectivity index (χ2v) is 11.6. The van der Waals surface area contributed by atoms with Gasteiger partial charge in [-0.25, -0.2) is 4.98 Å². The summed E-state index contributed by atoms with van der Waals surface area (Å²) in [6.45, 7) is 5.10. The van der Waals surface area contributed by atoms with Gasteiger partial charge in [0.2, 0.25) is 0 Å². The molecule has 15 heteroatoms. The van der Waals surface area contributed by atoms with Crippen LogP contribution in [0.3, 0.4) is 0 Å². The SMILES string of the molecule is CC.[B]C(O)(O)NC(=O)C(=N)/C(=C\C(N)=NC(=O)C1CC1)Nc1cccc(-c2ncc(C(=O)N3CCc4ccccc4C3)s2)c1OC. The van der Waals surface area contributed by atoms with Gasteiger partial charge >= 0.3 is 0 Å². The Bertz CT molecular complexity index is 1730. The number of rotatable bonds is 10. The molecule has 1 aliphatic heterocycles. The first-order chi connectivity index (χ1) is 22.4. The molecule has 1 aliphatic carbocycles. The first-order valence-corrected chi connectivity index (χ1v) is 15.8. The van der Waals surface area contributed by atoms with Crippen LogP contribution in [0.5, 0.6) is 5.75 Å². The molecule has 47 heavy (non-hydrogen) atoms. The Morgan fingerprint density at radius 2 is 1.87 bits per heavy atom. The van der Waals surface area contributed by atoms with E-state index in [1.807, 2.05) is 32.0 Å². The van der Waals surface area contributed by atoms with Crippen molar-refractivity contribution in [1.29, 1.82) is 5.41 Å². The van der Waals surface area contributed by atoms with E-state index in [4.69, 9.17) is 23.7 Å². The quantitative estimate of drug-likeness (QED) is 0.0820. The van der Waals surface area contributed by atoms with Gasteiger partial charge in [-0.3, -0.25) is 19.8 Å². The van der Waals surface area contributed by atoms with Crippen LogP contribution in [0.25, 0.3) is 10.6 Å². The number of anilines is 1. The summed E-state index contributed by atoms with van der Waals surface area (Å²) in [5.41, 5.74) is 8.03. The molecule has 0 spiro atoms. The average molecular weight is 658 g/mol. The van der Waals surface area contributed by atoms with Crippen LogP contribution >= 0.6 is 11.3 Å². The lowest BCUT2D eigenvalue weighted by molar-refractivity contribution is -0.139. The number of hydrogen-bond donors (Lipinski definition) is 6. The number of aliphatic hydroxyl groups is 2. The highest BCUT2D eigenvalue weighted by molar-refractivity contribution is 7.17. The van der Waals surface area contributed by atoms with E-state index in [1.165, 1.54) is 30.2 Å². The minimum atomic E-state index is -3.09. The van der Waals surface area contributed by atoms with Gasteiger partial charge < -0.3 is 36.2 Å². The normalized spacial score (nSPS) is 14.7. The number of nitrogens with one attached hydrogen (secondary N) is 3. The third kappa shape index (κ3) is 8.90. The summed E-state index contributed by atoms with van der Waals surface area (Å²) in [6.07, 6.45) is 4.79. The Morgan fingerprint density at radius 3 is 2.53 bits per heavy atom. The van der Waals surface area contributed by atoms with Crippen molar-refractivity contribution in [2.75, 3.05) is 19.0 Å². The Balaban J connectivity index is 0.00000245. The number of aliphatic imine (C=N–C) groups is 1. The van der Waals surface area contributed by atoms with Crippen molar-refractivity contribution in [3.05, 3.63) is 76.4 Å². The van der Waals surface area contributed by atoms with Gasteiger partial charge in [-0.1, -0.05) is 44.2 Å². The molecule has 1 saturated carbocycles. The van der Waals surface area contributed by atoms with Crippen LogP contribution in [0.2, 0.25) is 0 Å². The maximum absolute atomic E-state index is 13.4. The van der Waals surface area contributed by atoms with Crippen molar-refractivity contribution in [3.63, 3.8) is 0 Å². The summed E-state index contributed by atoms with van der Waals surface area (Å²) in [5, 5.41) is 32.2. The van der Waals surface area contributed by atoms with Gasteiger partial charge in [0.15, 0.2) is 19.4 Å². The molecule has 2 radical (unpaired) electrons. The molecule has 1 aromatic heterocycles. The molecule has 3 aromatic rings. The first kappa shape index (κ1) is 35.0. The zero-order valence-electron chi connectivity index (χ0n) is 26.2. The Labute approximate surface area is 277 Å². The third-order valence-electron chi connectivity index (χ3n) is 7.11. The van der Waals surface area contributed by atoms with Gasteiger partial charge in [0, 0.05) is 25.1 Å². The Hall–Kier alpha value is -4.86. The molecule has 0 bridgehead atoms. The van der Waals surface area contributed by atoms with E-state index < -0.39 is 23.3 Å². The highest BCUT2D eigenvalue weighted by atomic mass is 32.1. The zero-order valence-corrected chi connectivity index (χ0v) is 27.1. The number of nitrogens with two attached hydrogens (primary N) is 1. The number of nitrogens with zero attached hydrogens (tertiary/aromatic N) is 3. The number of para-hydroxylation sites is 1. The topological polar surface area (TPSA) is 203 Å². The van der Waals surface area contributed by atoms with Crippen molar-refractivity contribution in [2.24, 2.45) is 16.6 Å². The minimum Gasteiger partial charge on any atom is -0.494 e. The summed E-state index contributed by atoms with van der Waals surface area (Å²) in [5.74, 6) is -5.14. The Kier molecular flexibility index (Phi) is 11.3. The molecule has 0 atom stereocenters. The monoisotopic (exact) mass is 657 g/mol. The molecule has 13 nitrogen and oxygen atoms in total.